The van der Waals surface area contributed by atoms with Crippen LogP contribution in [0.3, 0.4) is 0 Å². The van der Waals surface area contributed by atoms with Crippen molar-refractivity contribution in [3.63, 3.8) is 0 Å². The highest BCUT2D eigenvalue weighted by Crippen LogP contribution is 2.29. The number of nitrogens with one attached hydrogen (secondary N) is 2. The van der Waals surface area contributed by atoms with Crippen LogP contribution in [0.5, 0.6) is 0 Å². The highest BCUT2D eigenvalue weighted by molar-refractivity contribution is 5.98. The summed E-state index contributed by atoms with van der Waals surface area (Å²) in [4.78, 5) is 26.5. The van der Waals surface area contributed by atoms with Crippen LogP contribution in [-0.2, 0) is 13.1 Å². The Morgan fingerprint density at radius 2 is 1.88 bits per heavy atom. The smallest absolute Gasteiger partial charge is 0.253 e. The minimum atomic E-state index is 0.0748. The number of fused-ring (bicyclic) bond motifs is 2. The van der Waals surface area contributed by atoms with E-state index in [1.807, 2.05) is 29.3 Å². The lowest BCUT2D eigenvalue weighted by Gasteiger charge is -2.44. The highest BCUT2D eigenvalue weighted by Gasteiger charge is 2.38. The Balaban J connectivity index is 1.09. The molecule has 4 aromatic rings. The van der Waals surface area contributed by atoms with Gasteiger partial charge in [0.15, 0.2) is 0 Å². The number of nitrogens with zero attached hydrogens (tertiary/aromatic N) is 5. The minimum Gasteiger partial charge on any atom is -0.335 e. The summed E-state index contributed by atoms with van der Waals surface area (Å²) >= 11 is 0. The van der Waals surface area contributed by atoms with Crippen LogP contribution in [0.15, 0.2) is 48.8 Å². The molecule has 2 N–H and O–H groups in total. The van der Waals surface area contributed by atoms with E-state index in [0.29, 0.717) is 17.6 Å². The number of hydrogen-bond donors (Lipinski definition) is 2. The third-order valence-corrected chi connectivity index (χ3v) is 6.51. The highest BCUT2D eigenvalue weighted by atomic mass is 16.2. The molecule has 0 aliphatic carbocycles. The molecular formula is C25H25N7O. The number of carbonyl (C=O) groups excluding carboxylic acids is 1. The molecule has 8 nitrogen and oxygen atoms in total. The van der Waals surface area contributed by atoms with Crippen molar-refractivity contribution in [2.24, 2.45) is 0 Å². The van der Waals surface area contributed by atoms with Crippen LogP contribution < -0.4 is 5.32 Å². The average molecular weight is 440 g/mol. The SMILES string of the molecule is Cc1cc(C)cc(Nc2ncc3c(n2)CN(C2CN(C(=O)c4ccc5[nH]ncc5c4)C2)C3)c1. The molecule has 2 aliphatic rings. The van der Waals surface area contributed by atoms with Crippen LogP contribution in [0, 0.1) is 13.8 Å². The molecule has 1 fully saturated rings. The Hall–Kier alpha value is -3.78. The molecule has 0 atom stereocenters. The maximum atomic E-state index is 12.9. The Morgan fingerprint density at radius 1 is 1.06 bits per heavy atom. The van der Waals surface area contributed by atoms with Gasteiger partial charge >= 0.3 is 0 Å². The Bertz CT molecular complexity index is 1350. The van der Waals surface area contributed by atoms with Crippen LogP contribution in [-0.4, -0.2) is 55.0 Å². The Morgan fingerprint density at radius 3 is 2.70 bits per heavy atom. The predicted molar refractivity (Wildman–Crippen MR) is 126 cm³/mol. The molecule has 6 rings (SSSR count). The van der Waals surface area contributed by atoms with Gasteiger partial charge in [0.25, 0.3) is 5.91 Å². The second-order valence-electron chi connectivity index (χ2n) is 9.11. The van der Waals surface area contributed by atoms with E-state index in [-0.39, 0.29) is 5.91 Å². The molecule has 0 spiro atoms. The quantitative estimate of drug-likeness (QED) is 0.505. The van der Waals surface area contributed by atoms with Crippen LogP contribution in [0.2, 0.25) is 0 Å². The minimum absolute atomic E-state index is 0.0748. The number of anilines is 2. The number of aromatic amines is 1. The zero-order chi connectivity index (χ0) is 22.5. The molecular weight excluding hydrogens is 414 g/mol. The molecule has 33 heavy (non-hydrogen) atoms. The van der Waals surface area contributed by atoms with Crippen LogP contribution >= 0.6 is 0 Å². The van der Waals surface area contributed by atoms with Crippen LogP contribution in [0.25, 0.3) is 10.9 Å². The molecule has 4 heterocycles. The van der Waals surface area contributed by atoms with Gasteiger partial charge in [0, 0.05) is 60.6 Å². The molecule has 2 aromatic carbocycles. The first-order chi connectivity index (χ1) is 16.0. The van der Waals surface area contributed by atoms with Gasteiger partial charge in [-0.3, -0.25) is 14.8 Å². The van der Waals surface area contributed by atoms with Gasteiger partial charge < -0.3 is 10.2 Å². The summed E-state index contributed by atoms with van der Waals surface area (Å²) in [6.45, 7) is 7.25. The van der Waals surface area contributed by atoms with Gasteiger partial charge in [-0.25, -0.2) is 9.97 Å². The van der Waals surface area contributed by atoms with Crippen molar-refractivity contribution in [3.8, 4) is 0 Å². The molecule has 0 bridgehead atoms. The Kier molecular flexibility index (Phi) is 4.62. The van der Waals surface area contributed by atoms with Gasteiger partial charge in [0.1, 0.15) is 0 Å². The van der Waals surface area contributed by atoms with Crippen molar-refractivity contribution in [1.29, 1.82) is 0 Å². The number of aromatic nitrogens is 4. The summed E-state index contributed by atoms with van der Waals surface area (Å²) in [6.07, 6.45) is 3.67. The van der Waals surface area contributed by atoms with Gasteiger partial charge in [0.05, 0.1) is 17.4 Å². The number of amides is 1. The van der Waals surface area contributed by atoms with E-state index < -0.39 is 0 Å². The summed E-state index contributed by atoms with van der Waals surface area (Å²) in [5.41, 5.74) is 7.29. The van der Waals surface area contributed by atoms with Gasteiger partial charge in [-0.2, -0.15) is 5.10 Å². The summed E-state index contributed by atoms with van der Waals surface area (Å²) in [7, 11) is 0. The second-order valence-corrected chi connectivity index (χ2v) is 9.11. The van der Waals surface area contributed by atoms with Gasteiger partial charge in [-0.15, -0.1) is 0 Å². The third kappa shape index (κ3) is 3.72. The lowest BCUT2D eigenvalue weighted by atomic mass is 10.0. The number of likely N-dealkylation sites (tertiary alicyclic amines) is 1. The van der Waals surface area contributed by atoms with E-state index in [9.17, 15) is 4.79 Å². The fraction of sp³-hybridized carbons (Fsp3) is 0.280. The summed E-state index contributed by atoms with van der Waals surface area (Å²) in [5, 5.41) is 11.2. The lowest BCUT2D eigenvalue weighted by molar-refractivity contribution is 0.0249. The first-order valence-electron chi connectivity index (χ1n) is 11.2. The zero-order valence-electron chi connectivity index (χ0n) is 18.7. The first kappa shape index (κ1) is 19.9. The van der Waals surface area contributed by atoms with Gasteiger partial charge in [-0.05, 0) is 55.3 Å². The normalized spacial score (nSPS) is 16.1. The number of aryl methyl sites for hydroxylation is 2. The lowest BCUT2D eigenvalue weighted by Crippen LogP contribution is -2.59. The fourth-order valence-electron chi connectivity index (χ4n) is 4.78. The molecule has 2 aromatic heterocycles. The van der Waals surface area contributed by atoms with Gasteiger partial charge in [-0.1, -0.05) is 6.07 Å². The van der Waals surface area contributed by atoms with Crippen molar-refractivity contribution in [1.82, 2.24) is 30.0 Å². The van der Waals surface area contributed by atoms with Crippen molar-refractivity contribution in [3.05, 3.63) is 76.7 Å². The number of hydrogen-bond acceptors (Lipinski definition) is 6. The van der Waals surface area contributed by atoms with Crippen molar-refractivity contribution in [2.75, 3.05) is 18.4 Å². The van der Waals surface area contributed by atoms with E-state index in [0.717, 1.165) is 54.0 Å². The Labute approximate surface area is 191 Å². The molecule has 8 heteroatoms. The van der Waals surface area contributed by atoms with Gasteiger partial charge in [0.2, 0.25) is 5.95 Å². The summed E-state index contributed by atoms with van der Waals surface area (Å²) in [6, 6.07) is 12.4. The van der Waals surface area contributed by atoms with Crippen LogP contribution in [0.1, 0.15) is 32.7 Å². The molecule has 0 unspecified atom stereocenters. The predicted octanol–water partition coefficient (Wildman–Crippen LogP) is 3.55. The first-order valence-corrected chi connectivity index (χ1v) is 11.2. The molecule has 0 radical (unpaired) electrons. The van der Waals surface area contributed by atoms with Crippen LogP contribution in [0.4, 0.5) is 11.6 Å². The summed E-state index contributed by atoms with van der Waals surface area (Å²) < 4.78 is 0. The largest absolute Gasteiger partial charge is 0.335 e. The van der Waals surface area contributed by atoms with E-state index in [4.69, 9.17) is 4.98 Å². The van der Waals surface area contributed by atoms with Crippen molar-refractivity contribution in [2.45, 2.75) is 33.0 Å². The molecule has 1 saturated heterocycles. The number of carbonyl (C=O) groups is 1. The van der Waals surface area contributed by atoms with E-state index in [1.165, 1.54) is 11.1 Å². The van der Waals surface area contributed by atoms with E-state index in [2.05, 4.69) is 57.4 Å². The molecule has 1 amide bonds. The maximum Gasteiger partial charge on any atom is 0.253 e. The maximum absolute atomic E-state index is 12.9. The average Bonchev–Trinajstić information content (AvgIpc) is 3.37. The van der Waals surface area contributed by atoms with E-state index in [1.54, 1.807) is 6.20 Å². The standard InChI is InChI=1S/C25H25N7O/c1-15-5-16(2)7-20(6-15)28-25-26-9-19-11-31(14-23(19)29-25)21-12-32(13-21)24(33)17-3-4-22-18(8-17)10-27-30-22/h3-10,21H,11-14H2,1-2H3,(H,27,30)(H,26,28,29). The fourth-order valence-corrected chi connectivity index (χ4v) is 4.78. The van der Waals surface area contributed by atoms with E-state index >= 15 is 0 Å². The molecule has 0 saturated carbocycles. The topological polar surface area (TPSA) is 90.0 Å². The van der Waals surface area contributed by atoms with Crippen molar-refractivity contribution < 1.29 is 4.79 Å². The second kappa shape index (κ2) is 7.67. The number of rotatable bonds is 4. The monoisotopic (exact) mass is 439 g/mol. The zero-order valence-corrected chi connectivity index (χ0v) is 18.7. The number of H-pyrrole nitrogens is 1. The van der Waals surface area contributed by atoms with Crippen molar-refractivity contribution >= 4 is 28.4 Å². The third-order valence-electron chi connectivity index (χ3n) is 6.51. The molecule has 2 aliphatic heterocycles. The number of benzene rings is 2. The summed E-state index contributed by atoms with van der Waals surface area (Å²) in [5.74, 6) is 0.700. The molecule has 166 valence electrons.